The molecule has 0 aliphatic heterocycles. The van der Waals surface area contributed by atoms with Gasteiger partial charge in [0.2, 0.25) is 0 Å². The zero-order chi connectivity index (χ0) is 16.9. The summed E-state index contributed by atoms with van der Waals surface area (Å²) in [5, 5.41) is 6.74. The summed E-state index contributed by atoms with van der Waals surface area (Å²) in [6, 6.07) is 15.2. The molecule has 2 N–H and O–H groups in total. The van der Waals surface area contributed by atoms with Crippen LogP contribution in [0.15, 0.2) is 48.5 Å². The summed E-state index contributed by atoms with van der Waals surface area (Å²) in [4.78, 5) is 11.7. The van der Waals surface area contributed by atoms with E-state index in [4.69, 9.17) is 16.3 Å². The van der Waals surface area contributed by atoms with Crippen molar-refractivity contribution in [2.24, 2.45) is 0 Å². The van der Waals surface area contributed by atoms with Gasteiger partial charge in [0.1, 0.15) is 5.60 Å². The minimum absolute atomic E-state index is 0.459. The van der Waals surface area contributed by atoms with Gasteiger partial charge in [0.15, 0.2) is 0 Å². The van der Waals surface area contributed by atoms with Gasteiger partial charge in [-0.3, -0.25) is 5.32 Å². The Kier molecular flexibility index (Phi) is 5.50. The molecule has 0 heterocycles. The standard InChI is InChI=1S/C18H21ClN2O2/c1-18(2,3)23-17(22)21-16-10-8-15(9-11-16)20-12-13-4-6-14(19)7-5-13/h4-11,20H,12H2,1-3H3,(H,21,22). The van der Waals surface area contributed by atoms with Crippen LogP contribution >= 0.6 is 11.6 Å². The zero-order valence-electron chi connectivity index (χ0n) is 13.5. The molecule has 5 heteroatoms. The topological polar surface area (TPSA) is 50.4 Å². The van der Waals surface area contributed by atoms with Crippen molar-refractivity contribution in [2.45, 2.75) is 32.9 Å². The molecular weight excluding hydrogens is 312 g/mol. The fourth-order valence-corrected chi connectivity index (χ4v) is 2.03. The van der Waals surface area contributed by atoms with Crippen LogP contribution in [0, 0.1) is 0 Å². The van der Waals surface area contributed by atoms with Crippen molar-refractivity contribution in [3.05, 3.63) is 59.1 Å². The molecular formula is C18H21ClN2O2. The summed E-state index contributed by atoms with van der Waals surface area (Å²) in [6.45, 7) is 6.19. The number of carbonyl (C=O) groups excluding carboxylic acids is 1. The van der Waals surface area contributed by atoms with E-state index in [2.05, 4.69) is 10.6 Å². The molecule has 0 aliphatic rings. The molecule has 1 amide bonds. The average Bonchev–Trinajstić information content (AvgIpc) is 2.46. The van der Waals surface area contributed by atoms with E-state index in [1.165, 1.54) is 0 Å². The number of nitrogens with one attached hydrogen (secondary N) is 2. The van der Waals surface area contributed by atoms with Gasteiger partial charge in [-0.25, -0.2) is 4.79 Å². The van der Waals surface area contributed by atoms with Gasteiger partial charge in [0, 0.05) is 22.9 Å². The molecule has 0 spiro atoms. The van der Waals surface area contributed by atoms with Crippen molar-refractivity contribution < 1.29 is 9.53 Å². The maximum atomic E-state index is 11.7. The summed E-state index contributed by atoms with van der Waals surface area (Å²) >= 11 is 5.86. The second-order valence-corrected chi connectivity index (χ2v) is 6.62. The third-order valence-electron chi connectivity index (χ3n) is 2.94. The fourth-order valence-electron chi connectivity index (χ4n) is 1.90. The molecule has 2 rings (SSSR count). The molecule has 0 bridgehead atoms. The van der Waals surface area contributed by atoms with Crippen LogP contribution in [0.3, 0.4) is 0 Å². The second-order valence-electron chi connectivity index (χ2n) is 6.18. The minimum atomic E-state index is -0.510. The van der Waals surface area contributed by atoms with Crippen molar-refractivity contribution in [3.63, 3.8) is 0 Å². The van der Waals surface area contributed by atoms with Crippen LogP contribution in [0.4, 0.5) is 16.2 Å². The first kappa shape index (κ1) is 17.2. The van der Waals surface area contributed by atoms with E-state index in [1.807, 2.05) is 69.3 Å². The largest absolute Gasteiger partial charge is 0.444 e. The summed E-state index contributed by atoms with van der Waals surface area (Å²) in [5.41, 5.74) is 2.29. The molecule has 0 unspecified atom stereocenters. The number of anilines is 2. The van der Waals surface area contributed by atoms with Gasteiger partial charge >= 0.3 is 6.09 Å². The van der Waals surface area contributed by atoms with Gasteiger partial charge in [-0.1, -0.05) is 23.7 Å². The normalized spacial score (nSPS) is 11.0. The van der Waals surface area contributed by atoms with E-state index in [0.717, 1.165) is 16.3 Å². The third kappa shape index (κ3) is 6.20. The Bertz CT molecular complexity index is 646. The first-order chi connectivity index (χ1) is 10.8. The van der Waals surface area contributed by atoms with Gasteiger partial charge in [-0.05, 0) is 62.7 Å². The number of halogens is 1. The Morgan fingerprint density at radius 2 is 1.57 bits per heavy atom. The molecule has 122 valence electrons. The number of ether oxygens (including phenoxy) is 1. The molecule has 0 radical (unpaired) electrons. The number of benzene rings is 2. The maximum absolute atomic E-state index is 11.7. The lowest BCUT2D eigenvalue weighted by molar-refractivity contribution is 0.0636. The molecule has 0 aromatic heterocycles. The lowest BCUT2D eigenvalue weighted by atomic mass is 10.2. The summed E-state index contributed by atoms with van der Waals surface area (Å²) in [6.07, 6.45) is -0.459. The van der Waals surface area contributed by atoms with Crippen molar-refractivity contribution in [1.82, 2.24) is 0 Å². The number of carbonyl (C=O) groups is 1. The first-order valence-electron chi connectivity index (χ1n) is 7.40. The maximum Gasteiger partial charge on any atom is 0.412 e. The van der Waals surface area contributed by atoms with Gasteiger partial charge in [-0.15, -0.1) is 0 Å². The van der Waals surface area contributed by atoms with E-state index in [0.29, 0.717) is 12.2 Å². The Morgan fingerprint density at radius 1 is 1.00 bits per heavy atom. The lowest BCUT2D eigenvalue weighted by Gasteiger charge is -2.19. The van der Waals surface area contributed by atoms with Gasteiger partial charge in [0.05, 0.1) is 0 Å². The van der Waals surface area contributed by atoms with Crippen LogP contribution in [-0.4, -0.2) is 11.7 Å². The number of amides is 1. The van der Waals surface area contributed by atoms with Crippen molar-refractivity contribution >= 4 is 29.1 Å². The summed E-state index contributed by atoms with van der Waals surface area (Å²) in [5.74, 6) is 0. The lowest BCUT2D eigenvalue weighted by Crippen LogP contribution is -2.27. The number of hydrogen-bond donors (Lipinski definition) is 2. The Balaban J connectivity index is 1.87. The quantitative estimate of drug-likeness (QED) is 0.798. The van der Waals surface area contributed by atoms with Crippen LogP contribution in [0.5, 0.6) is 0 Å². The molecule has 0 saturated heterocycles. The predicted octanol–water partition coefficient (Wildman–Crippen LogP) is 5.30. The van der Waals surface area contributed by atoms with Crippen LogP contribution in [0.25, 0.3) is 0 Å². The zero-order valence-corrected chi connectivity index (χ0v) is 14.3. The monoisotopic (exact) mass is 332 g/mol. The fraction of sp³-hybridized carbons (Fsp3) is 0.278. The molecule has 2 aromatic carbocycles. The molecule has 0 atom stereocenters. The Morgan fingerprint density at radius 3 is 2.13 bits per heavy atom. The van der Waals surface area contributed by atoms with E-state index < -0.39 is 11.7 Å². The second kappa shape index (κ2) is 7.38. The SMILES string of the molecule is CC(C)(C)OC(=O)Nc1ccc(NCc2ccc(Cl)cc2)cc1. The third-order valence-corrected chi connectivity index (χ3v) is 3.19. The van der Waals surface area contributed by atoms with E-state index >= 15 is 0 Å². The molecule has 0 fully saturated rings. The Hall–Kier alpha value is -2.20. The molecule has 4 nitrogen and oxygen atoms in total. The van der Waals surface area contributed by atoms with Crippen molar-refractivity contribution in [2.75, 3.05) is 10.6 Å². The highest BCUT2D eigenvalue weighted by Gasteiger charge is 2.15. The molecule has 0 aliphatic carbocycles. The van der Waals surface area contributed by atoms with Crippen LogP contribution < -0.4 is 10.6 Å². The average molecular weight is 333 g/mol. The Labute approximate surface area is 141 Å². The van der Waals surface area contributed by atoms with Gasteiger partial charge < -0.3 is 10.1 Å². The molecule has 2 aromatic rings. The highest BCUT2D eigenvalue weighted by molar-refractivity contribution is 6.30. The highest BCUT2D eigenvalue weighted by Crippen LogP contribution is 2.17. The minimum Gasteiger partial charge on any atom is -0.444 e. The van der Waals surface area contributed by atoms with Crippen LogP contribution in [0.2, 0.25) is 5.02 Å². The van der Waals surface area contributed by atoms with Crippen molar-refractivity contribution in [1.29, 1.82) is 0 Å². The molecule has 23 heavy (non-hydrogen) atoms. The van der Waals surface area contributed by atoms with E-state index in [1.54, 1.807) is 0 Å². The van der Waals surface area contributed by atoms with Crippen LogP contribution in [-0.2, 0) is 11.3 Å². The number of hydrogen-bond acceptors (Lipinski definition) is 3. The first-order valence-corrected chi connectivity index (χ1v) is 7.78. The smallest absolute Gasteiger partial charge is 0.412 e. The highest BCUT2D eigenvalue weighted by atomic mass is 35.5. The van der Waals surface area contributed by atoms with Gasteiger partial charge in [0.25, 0.3) is 0 Å². The van der Waals surface area contributed by atoms with E-state index in [9.17, 15) is 4.79 Å². The van der Waals surface area contributed by atoms with E-state index in [-0.39, 0.29) is 0 Å². The van der Waals surface area contributed by atoms with Crippen LogP contribution in [0.1, 0.15) is 26.3 Å². The summed E-state index contributed by atoms with van der Waals surface area (Å²) < 4.78 is 5.21. The molecule has 0 saturated carbocycles. The van der Waals surface area contributed by atoms with Crippen molar-refractivity contribution in [3.8, 4) is 0 Å². The van der Waals surface area contributed by atoms with Gasteiger partial charge in [-0.2, -0.15) is 0 Å². The predicted molar refractivity (Wildman–Crippen MR) is 95.1 cm³/mol. The number of rotatable bonds is 4. The summed E-state index contributed by atoms with van der Waals surface area (Å²) in [7, 11) is 0.